The van der Waals surface area contributed by atoms with E-state index < -0.39 is 0 Å². The van der Waals surface area contributed by atoms with E-state index in [1.807, 2.05) is 4.90 Å². The quantitative estimate of drug-likeness (QED) is 0.828. The van der Waals surface area contributed by atoms with Gasteiger partial charge in [-0.1, -0.05) is 6.08 Å². The van der Waals surface area contributed by atoms with E-state index in [9.17, 15) is 14.0 Å². The Morgan fingerprint density at radius 2 is 2.00 bits per heavy atom. The Bertz CT molecular complexity index is 708. The van der Waals surface area contributed by atoms with Crippen LogP contribution in [-0.2, 0) is 4.79 Å². The van der Waals surface area contributed by atoms with Crippen LogP contribution < -0.4 is 5.32 Å². The number of anilines is 1. The number of benzene rings is 1. The summed E-state index contributed by atoms with van der Waals surface area (Å²) in [7, 11) is 2.07. The van der Waals surface area contributed by atoms with Crippen molar-refractivity contribution in [2.24, 2.45) is 0 Å². The molecule has 7 heteroatoms. The SMILES string of the molecule is C=CCN1CC[C@]2(CCC1=O)CN(C(=O)Nc1ccc(F)cc1)CCN2C. The highest BCUT2D eigenvalue weighted by Crippen LogP contribution is 2.32. The maximum Gasteiger partial charge on any atom is 0.321 e. The third-order valence-electron chi connectivity index (χ3n) is 5.74. The first kappa shape index (κ1) is 19.4. The Morgan fingerprint density at radius 3 is 2.70 bits per heavy atom. The van der Waals surface area contributed by atoms with Gasteiger partial charge in [0.2, 0.25) is 5.91 Å². The molecular weight excluding hydrogens is 347 g/mol. The number of carbonyl (C=O) groups excluding carboxylic acids is 2. The Kier molecular flexibility index (Phi) is 5.79. The largest absolute Gasteiger partial charge is 0.339 e. The molecule has 1 atom stereocenters. The molecule has 2 aliphatic rings. The van der Waals surface area contributed by atoms with Gasteiger partial charge >= 0.3 is 6.03 Å². The second-order valence-corrected chi connectivity index (χ2v) is 7.38. The van der Waals surface area contributed by atoms with Gasteiger partial charge in [-0.2, -0.15) is 0 Å². The molecule has 0 aliphatic carbocycles. The standard InChI is InChI=1S/C20H27FN4O2/c1-3-11-24-12-10-20(9-8-18(24)26)15-25(14-13-23(20)2)19(27)22-17-6-4-16(21)5-7-17/h3-7H,1,8-15H2,2H3,(H,22,27)/t20-/m1/s1. The van der Waals surface area contributed by atoms with Crippen LogP contribution in [0.1, 0.15) is 19.3 Å². The highest BCUT2D eigenvalue weighted by molar-refractivity contribution is 5.89. The summed E-state index contributed by atoms with van der Waals surface area (Å²) in [5, 5.41) is 2.84. The predicted molar refractivity (Wildman–Crippen MR) is 103 cm³/mol. The second kappa shape index (κ2) is 8.08. The van der Waals surface area contributed by atoms with Gasteiger partial charge in [-0.05, 0) is 44.2 Å². The van der Waals surface area contributed by atoms with Crippen molar-refractivity contribution >= 4 is 17.6 Å². The predicted octanol–water partition coefficient (Wildman–Crippen LogP) is 2.54. The molecule has 0 saturated carbocycles. The zero-order valence-corrected chi connectivity index (χ0v) is 15.8. The average Bonchev–Trinajstić information content (AvgIpc) is 2.81. The smallest absolute Gasteiger partial charge is 0.321 e. The van der Waals surface area contributed by atoms with Gasteiger partial charge in [0.15, 0.2) is 0 Å². The normalized spacial score (nSPS) is 24.0. The number of amides is 3. The first-order valence-electron chi connectivity index (χ1n) is 9.35. The summed E-state index contributed by atoms with van der Waals surface area (Å²) in [6, 6.07) is 5.57. The summed E-state index contributed by atoms with van der Waals surface area (Å²) in [6.45, 7) is 6.91. The molecule has 3 rings (SSSR count). The molecule has 1 aromatic carbocycles. The van der Waals surface area contributed by atoms with Crippen LogP contribution >= 0.6 is 0 Å². The molecule has 1 N–H and O–H groups in total. The van der Waals surface area contributed by atoms with Crippen LogP contribution in [0.3, 0.4) is 0 Å². The van der Waals surface area contributed by atoms with Gasteiger partial charge in [-0.3, -0.25) is 9.69 Å². The third kappa shape index (κ3) is 4.30. The molecule has 0 radical (unpaired) electrons. The summed E-state index contributed by atoms with van der Waals surface area (Å²) in [6.07, 6.45) is 3.79. The minimum absolute atomic E-state index is 0.146. The lowest BCUT2D eigenvalue weighted by molar-refractivity contribution is -0.130. The van der Waals surface area contributed by atoms with Crippen LogP contribution in [0.15, 0.2) is 36.9 Å². The number of likely N-dealkylation sites (tertiary alicyclic amines) is 1. The zero-order valence-electron chi connectivity index (χ0n) is 15.8. The zero-order chi connectivity index (χ0) is 19.4. The molecule has 0 unspecified atom stereocenters. The van der Waals surface area contributed by atoms with E-state index in [1.165, 1.54) is 12.1 Å². The molecule has 2 saturated heterocycles. The van der Waals surface area contributed by atoms with E-state index in [0.717, 1.165) is 19.4 Å². The number of halogens is 1. The molecule has 27 heavy (non-hydrogen) atoms. The molecule has 146 valence electrons. The number of urea groups is 1. The van der Waals surface area contributed by atoms with Gasteiger partial charge in [0.25, 0.3) is 0 Å². The molecular formula is C20H27FN4O2. The summed E-state index contributed by atoms with van der Waals surface area (Å²) in [4.78, 5) is 31.0. The van der Waals surface area contributed by atoms with E-state index in [4.69, 9.17) is 0 Å². The maximum absolute atomic E-state index is 13.1. The summed E-state index contributed by atoms with van der Waals surface area (Å²) >= 11 is 0. The minimum Gasteiger partial charge on any atom is -0.339 e. The number of carbonyl (C=O) groups is 2. The molecule has 2 aliphatic heterocycles. The first-order valence-corrected chi connectivity index (χ1v) is 9.35. The fraction of sp³-hybridized carbons (Fsp3) is 0.500. The van der Waals surface area contributed by atoms with Crippen LogP contribution in [0.5, 0.6) is 0 Å². The van der Waals surface area contributed by atoms with E-state index in [-0.39, 0.29) is 23.3 Å². The Balaban J connectivity index is 1.69. The van der Waals surface area contributed by atoms with Crippen LogP contribution in [0.2, 0.25) is 0 Å². The first-order chi connectivity index (χ1) is 12.9. The lowest BCUT2D eigenvalue weighted by atomic mass is 9.86. The third-order valence-corrected chi connectivity index (χ3v) is 5.74. The molecule has 3 amide bonds. The number of rotatable bonds is 3. The van der Waals surface area contributed by atoms with Gasteiger partial charge < -0.3 is 15.1 Å². The van der Waals surface area contributed by atoms with Crippen molar-refractivity contribution < 1.29 is 14.0 Å². The van der Waals surface area contributed by atoms with Crippen LogP contribution in [0.4, 0.5) is 14.9 Å². The molecule has 2 fully saturated rings. The molecule has 1 spiro atoms. The van der Waals surface area contributed by atoms with E-state index in [2.05, 4.69) is 23.8 Å². The fourth-order valence-corrected chi connectivity index (χ4v) is 3.95. The highest BCUT2D eigenvalue weighted by atomic mass is 19.1. The van der Waals surface area contributed by atoms with Crippen LogP contribution in [0.25, 0.3) is 0 Å². The van der Waals surface area contributed by atoms with Crippen LogP contribution in [0, 0.1) is 5.82 Å². The van der Waals surface area contributed by atoms with Crippen molar-refractivity contribution in [2.45, 2.75) is 24.8 Å². The van der Waals surface area contributed by atoms with Gasteiger partial charge in [0.1, 0.15) is 5.82 Å². The molecule has 0 bridgehead atoms. The number of likely N-dealkylation sites (N-methyl/N-ethyl adjacent to an activating group) is 1. The number of nitrogens with one attached hydrogen (secondary N) is 1. The van der Waals surface area contributed by atoms with E-state index in [0.29, 0.717) is 38.3 Å². The highest BCUT2D eigenvalue weighted by Gasteiger charge is 2.43. The lowest BCUT2D eigenvalue weighted by Crippen LogP contribution is -2.62. The monoisotopic (exact) mass is 374 g/mol. The molecule has 2 heterocycles. The molecule has 1 aromatic rings. The number of nitrogens with zero attached hydrogens (tertiary/aromatic N) is 3. The van der Waals surface area contributed by atoms with E-state index in [1.54, 1.807) is 23.1 Å². The van der Waals surface area contributed by atoms with Crippen molar-refractivity contribution in [3.63, 3.8) is 0 Å². The van der Waals surface area contributed by atoms with Crippen molar-refractivity contribution in [1.29, 1.82) is 0 Å². The van der Waals surface area contributed by atoms with Crippen molar-refractivity contribution in [1.82, 2.24) is 14.7 Å². The topological polar surface area (TPSA) is 55.9 Å². The minimum atomic E-state index is -0.334. The Labute approximate surface area is 159 Å². The Morgan fingerprint density at radius 1 is 1.26 bits per heavy atom. The van der Waals surface area contributed by atoms with Crippen molar-refractivity contribution in [3.8, 4) is 0 Å². The van der Waals surface area contributed by atoms with Gasteiger partial charge in [-0.15, -0.1) is 6.58 Å². The number of piperazine rings is 1. The van der Waals surface area contributed by atoms with Crippen molar-refractivity contribution in [2.75, 3.05) is 45.1 Å². The number of hydrogen-bond acceptors (Lipinski definition) is 3. The van der Waals surface area contributed by atoms with Crippen LogP contribution in [-0.4, -0.2) is 71.9 Å². The molecule has 0 aromatic heterocycles. The van der Waals surface area contributed by atoms with Gasteiger partial charge in [0.05, 0.1) is 0 Å². The van der Waals surface area contributed by atoms with Gasteiger partial charge in [-0.25, -0.2) is 9.18 Å². The Hall–Kier alpha value is -2.41. The van der Waals surface area contributed by atoms with E-state index >= 15 is 0 Å². The van der Waals surface area contributed by atoms with Crippen molar-refractivity contribution in [3.05, 3.63) is 42.7 Å². The second-order valence-electron chi connectivity index (χ2n) is 7.38. The summed E-state index contributed by atoms with van der Waals surface area (Å²) in [5.41, 5.74) is 0.367. The van der Waals surface area contributed by atoms with Gasteiger partial charge in [0, 0.05) is 50.4 Å². The lowest BCUT2D eigenvalue weighted by Gasteiger charge is -2.49. The number of hydrogen-bond donors (Lipinski definition) is 1. The maximum atomic E-state index is 13.1. The average molecular weight is 374 g/mol. The fourth-order valence-electron chi connectivity index (χ4n) is 3.95. The summed E-state index contributed by atoms with van der Waals surface area (Å²) in [5.74, 6) is -0.188. The summed E-state index contributed by atoms with van der Waals surface area (Å²) < 4.78 is 13.1. The molecule has 6 nitrogen and oxygen atoms in total.